The van der Waals surface area contributed by atoms with Crippen LogP contribution in [0.4, 0.5) is 0 Å². The van der Waals surface area contributed by atoms with Gasteiger partial charge >= 0.3 is 0 Å². The van der Waals surface area contributed by atoms with Gasteiger partial charge in [0.15, 0.2) is 6.61 Å². The monoisotopic (exact) mass is 400 g/mol. The summed E-state index contributed by atoms with van der Waals surface area (Å²) in [5, 5.41) is 3.03. The van der Waals surface area contributed by atoms with Crippen LogP contribution in [0.2, 0.25) is 0 Å². The first-order valence-corrected chi connectivity index (χ1v) is 10.0. The second kappa shape index (κ2) is 8.82. The predicted octanol–water partition coefficient (Wildman–Crippen LogP) is 4.10. The maximum Gasteiger partial charge on any atom is 0.261 e. The molecule has 3 aromatic carbocycles. The summed E-state index contributed by atoms with van der Waals surface area (Å²) in [6, 6.07) is 24.9. The number of carbonyl (C=O) groups is 2. The van der Waals surface area contributed by atoms with E-state index >= 15 is 0 Å². The number of rotatable bonds is 5. The van der Waals surface area contributed by atoms with E-state index in [2.05, 4.69) is 5.32 Å². The molecule has 5 heteroatoms. The minimum absolute atomic E-state index is 0.00355. The molecule has 0 aromatic heterocycles. The molecule has 0 unspecified atom stereocenters. The lowest BCUT2D eigenvalue weighted by Gasteiger charge is -2.20. The molecule has 4 rings (SSSR count). The van der Waals surface area contributed by atoms with Crippen LogP contribution in [0.5, 0.6) is 5.75 Å². The molecule has 152 valence electrons. The van der Waals surface area contributed by atoms with Gasteiger partial charge in [0.25, 0.3) is 11.8 Å². The van der Waals surface area contributed by atoms with Crippen LogP contribution in [0.3, 0.4) is 0 Å². The molecule has 0 bridgehead atoms. The van der Waals surface area contributed by atoms with Crippen molar-refractivity contribution in [2.45, 2.75) is 26.1 Å². The van der Waals surface area contributed by atoms with Gasteiger partial charge in [0.05, 0.1) is 6.04 Å². The quantitative estimate of drug-likeness (QED) is 0.702. The maximum absolute atomic E-state index is 12.8. The Labute approximate surface area is 176 Å². The third kappa shape index (κ3) is 4.51. The lowest BCUT2D eigenvalue weighted by molar-refractivity contribution is -0.133. The molecular weight excluding hydrogens is 376 g/mol. The Morgan fingerprint density at radius 1 is 1.03 bits per heavy atom. The molecular formula is C25H24N2O3. The molecule has 1 atom stereocenters. The van der Waals surface area contributed by atoms with Crippen molar-refractivity contribution in [1.29, 1.82) is 0 Å². The highest BCUT2D eigenvalue weighted by Crippen LogP contribution is 2.26. The number of fused-ring (bicyclic) bond motifs is 1. The Morgan fingerprint density at radius 2 is 1.73 bits per heavy atom. The van der Waals surface area contributed by atoms with Crippen LogP contribution in [0.15, 0.2) is 78.9 Å². The van der Waals surface area contributed by atoms with Crippen LogP contribution in [-0.2, 0) is 17.9 Å². The predicted molar refractivity (Wildman–Crippen MR) is 115 cm³/mol. The minimum Gasteiger partial charge on any atom is -0.483 e. The van der Waals surface area contributed by atoms with Crippen molar-refractivity contribution >= 4 is 11.8 Å². The van der Waals surface area contributed by atoms with Crippen molar-refractivity contribution in [2.24, 2.45) is 0 Å². The standard InChI is InChI=1S/C25H24N2O3/c1-18(20-10-6-3-7-11-20)26-25(29)21-12-13-23-22(14-21)16-27(24(28)17-30-23)15-19-8-4-2-5-9-19/h2-14,18H,15-17H2,1H3,(H,26,29)/t18-/m1/s1. The maximum atomic E-state index is 12.8. The summed E-state index contributed by atoms with van der Waals surface area (Å²) < 4.78 is 5.69. The summed E-state index contributed by atoms with van der Waals surface area (Å²) in [6.07, 6.45) is 0. The molecule has 0 radical (unpaired) electrons. The Hall–Kier alpha value is -3.60. The van der Waals surface area contributed by atoms with E-state index in [0.29, 0.717) is 24.4 Å². The van der Waals surface area contributed by atoms with Crippen molar-refractivity contribution in [2.75, 3.05) is 6.61 Å². The molecule has 0 spiro atoms. The van der Waals surface area contributed by atoms with E-state index in [1.54, 1.807) is 17.0 Å². The third-order valence-corrected chi connectivity index (χ3v) is 5.25. The summed E-state index contributed by atoms with van der Waals surface area (Å²) >= 11 is 0. The minimum atomic E-state index is -0.153. The number of hydrogen-bond donors (Lipinski definition) is 1. The van der Waals surface area contributed by atoms with E-state index in [1.807, 2.05) is 73.7 Å². The Morgan fingerprint density at radius 3 is 2.47 bits per heavy atom. The molecule has 2 amide bonds. The number of ether oxygens (including phenoxy) is 1. The van der Waals surface area contributed by atoms with Gasteiger partial charge < -0.3 is 15.0 Å². The van der Waals surface area contributed by atoms with Crippen LogP contribution in [0.1, 0.15) is 40.0 Å². The summed E-state index contributed by atoms with van der Waals surface area (Å²) in [5.41, 5.74) is 3.48. The zero-order chi connectivity index (χ0) is 20.9. The first-order valence-electron chi connectivity index (χ1n) is 10.0. The van der Waals surface area contributed by atoms with Gasteiger partial charge in [0, 0.05) is 24.2 Å². The highest BCUT2D eigenvalue weighted by molar-refractivity contribution is 5.95. The van der Waals surface area contributed by atoms with E-state index in [4.69, 9.17) is 4.74 Å². The summed E-state index contributed by atoms with van der Waals surface area (Å²) in [7, 11) is 0. The Kier molecular flexibility index (Phi) is 5.80. The van der Waals surface area contributed by atoms with Gasteiger partial charge in [-0.3, -0.25) is 9.59 Å². The largest absolute Gasteiger partial charge is 0.483 e. The summed E-state index contributed by atoms with van der Waals surface area (Å²) in [4.78, 5) is 27.1. The molecule has 1 heterocycles. The van der Waals surface area contributed by atoms with E-state index in [9.17, 15) is 9.59 Å². The van der Waals surface area contributed by atoms with Gasteiger partial charge in [-0.2, -0.15) is 0 Å². The van der Waals surface area contributed by atoms with Crippen molar-refractivity contribution in [3.05, 3.63) is 101 Å². The van der Waals surface area contributed by atoms with Gasteiger partial charge in [-0.15, -0.1) is 0 Å². The van der Waals surface area contributed by atoms with Crippen LogP contribution >= 0.6 is 0 Å². The van der Waals surface area contributed by atoms with Crippen molar-refractivity contribution in [1.82, 2.24) is 10.2 Å². The summed E-state index contributed by atoms with van der Waals surface area (Å²) in [5.74, 6) is 0.421. The lowest BCUT2D eigenvalue weighted by Crippen LogP contribution is -2.31. The SMILES string of the molecule is C[C@@H](NC(=O)c1ccc2c(c1)CN(Cc1ccccc1)C(=O)CO2)c1ccccc1. The number of amides is 2. The van der Waals surface area contributed by atoms with Gasteiger partial charge in [-0.1, -0.05) is 60.7 Å². The third-order valence-electron chi connectivity index (χ3n) is 5.25. The molecule has 3 aromatic rings. The fraction of sp³-hybridized carbons (Fsp3) is 0.200. The normalized spacial score (nSPS) is 14.3. The molecule has 1 aliphatic heterocycles. The molecule has 0 aliphatic carbocycles. The average Bonchev–Trinajstić information content (AvgIpc) is 2.93. The molecule has 30 heavy (non-hydrogen) atoms. The van der Waals surface area contributed by atoms with E-state index < -0.39 is 0 Å². The number of carbonyl (C=O) groups excluding carboxylic acids is 2. The lowest BCUT2D eigenvalue weighted by atomic mass is 10.1. The average molecular weight is 400 g/mol. The highest BCUT2D eigenvalue weighted by atomic mass is 16.5. The van der Waals surface area contributed by atoms with Crippen molar-refractivity contribution in [3.8, 4) is 5.75 Å². The van der Waals surface area contributed by atoms with E-state index in [1.165, 1.54) is 0 Å². The van der Waals surface area contributed by atoms with Crippen LogP contribution in [0.25, 0.3) is 0 Å². The van der Waals surface area contributed by atoms with Gasteiger partial charge in [0.2, 0.25) is 0 Å². The molecule has 0 fully saturated rings. The second-order valence-electron chi connectivity index (χ2n) is 7.45. The molecule has 0 saturated heterocycles. The zero-order valence-electron chi connectivity index (χ0n) is 16.9. The number of hydrogen-bond acceptors (Lipinski definition) is 3. The molecule has 1 N–H and O–H groups in total. The number of nitrogens with one attached hydrogen (secondary N) is 1. The molecule has 0 saturated carbocycles. The first kappa shape index (κ1) is 19.7. The molecule has 5 nitrogen and oxygen atoms in total. The first-order chi connectivity index (χ1) is 14.6. The Bertz CT molecular complexity index is 1030. The molecule has 1 aliphatic rings. The van der Waals surface area contributed by atoms with Crippen molar-refractivity contribution < 1.29 is 14.3 Å². The van der Waals surface area contributed by atoms with E-state index in [-0.39, 0.29) is 24.5 Å². The smallest absolute Gasteiger partial charge is 0.261 e. The van der Waals surface area contributed by atoms with E-state index in [0.717, 1.165) is 16.7 Å². The number of nitrogens with zero attached hydrogens (tertiary/aromatic N) is 1. The zero-order valence-corrected chi connectivity index (χ0v) is 16.9. The van der Waals surface area contributed by atoms with Gasteiger partial charge in [-0.25, -0.2) is 0 Å². The van der Waals surface area contributed by atoms with Gasteiger partial charge in [-0.05, 0) is 36.2 Å². The Balaban J connectivity index is 1.51. The van der Waals surface area contributed by atoms with Crippen LogP contribution in [-0.4, -0.2) is 23.3 Å². The van der Waals surface area contributed by atoms with Crippen LogP contribution < -0.4 is 10.1 Å². The highest BCUT2D eigenvalue weighted by Gasteiger charge is 2.23. The number of benzene rings is 3. The van der Waals surface area contributed by atoms with Crippen LogP contribution in [0, 0.1) is 0 Å². The van der Waals surface area contributed by atoms with Crippen molar-refractivity contribution in [3.63, 3.8) is 0 Å². The topological polar surface area (TPSA) is 58.6 Å². The fourth-order valence-corrected chi connectivity index (χ4v) is 3.56. The second-order valence-corrected chi connectivity index (χ2v) is 7.45. The summed E-state index contributed by atoms with van der Waals surface area (Å²) in [6.45, 7) is 2.86. The van der Waals surface area contributed by atoms with Gasteiger partial charge in [0.1, 0.15) is 5.75 Å². The fourth-order valence-electron chi connectivity index (χ4n) is 3.56.